The van der Waals surface area contributed by atoms with E-state index in [0.29, 0.717) is 30.2 Å². The number of hydrogen-bond donors (Lipinski definition) is 3. The van der Waals surface area contributed by atoms with Crippen molar-refractivity contribution < 1.29 is 9.90 Å². The Labute approximate surface area is 140 Å². The molecule has 1 aromatic carbocycles. The summed E-state index contributed by atoms with van der Waals surface area (Å²) >= 11 is 0. The smallest absolute Gasteiger partial charge is 0.242 e. The van der Waals surface area contributed by atoms with E-state index in [2.05, 4.69) is 15.3 Å². The largest absolute Gasteiger partial charge is 0.507 e. The van der Waals surface area contributed by atoms with Crippen LogP contribution in [0.2, 0.25) is 0 Å². The molecule has 0 spiro atoms. The third-order valence-corrected chi connectivity index (χ3v) is 4.16. The van der Waals surface area contributed by atoms with Gasteiger partial charge in [-0.1, -0.05) is 12.1 Å². The quantitative estimate of drug-likeness (QED) is 0.770. The lowest BCUT2D eigenvalue weighted by Gasteiger charge is -2.24. The summed E-state index contributed by atoms with van der Waals surface area (Å²) in [6.07, 6.45) is 0.578. The van der Waals surface area contributed by atoms with E-state index in [-0.39, 0.29) is 23.7 Å². The minimum Gasteiger partial charge on any atom is -0.507 e. The molecule has 2 atom stereocenters. The molecule has 1 aromatic heterocycles. The lowest BCUT2D eigenvalue weighted by molar-refractivity contribution is -0.121. The summed E-state index contributed by atoms with van der Waals surface area (Å²) in [6, 6.07) is 8.32. The Hall–Kier alpha value is -2.67. The molecule has 0 unspecified atom stereocenters. The molecule has 1 aliphatic heterocycles. The number of carbonyl (C=O) groups excluding carboxylic acids is 1. The number of amides is 1. The lowest BCUT2D eigenvalue weighted by atomic mass is 10.1. The summed E-state index contributed by atoms with van der Waals surface area (Å²) < 4.78 is 0. The predicted octanol–water partition coefficient (Wildman–Crippen LogP) is 0.810. The summed E-state index contributed by atoms with van der Waals surface area (Å²) in [5.41, 5.74) is 7.37. The number of aromatic hydroxyl groups is 1. The van der Waals surface area contributed by atoms with Crippen LogP contribution in [-0.4, -0.2) is 46.7 Å². The minimum atomic E-state index is -0.350. The summed E-state index contributed by atoms with van der Waals surface area (Å²) in [4.78, 5) is 23.0. The van der Waals surface area contributed by atoms with E-state index in [0.717, 1.165) is 5.69 Å². The van der Waals surface area contributed by atoms with Gasteiger partial charge in [0, 0.05) is 31.4 Å². The third-order valence-electron chi connectivity index (χ3n) is 4.16. The average molecular weight is 327 g/mol. The van der Waals surface area contributed by atoms with Crippen LogP contribution >= 0.6 is 0 Å². The zero-order valence-electron chi connectivity index (χ0n) is 13.7. The Bertz CT molecular complexity index is 764. The van der Waals surface area contributed by atoms with Crippen LogP contribution in [0.3, 0.4) is 0 Å². The highest BCUT2D eigenvalue weighted by molar-refractivity contribution is 5.85. The number of phenols is 1. The number of para-hydroxylation sites is 1. The topological polar surface area (TPSA) is 104 Å². The number of nitrogens with two attached hydrogens (primary N) is 1. The van der Waals surface area contributed by atoms with Crippen molar-refractivity contribution >= 4 is 11.7 Å². The van der Waals surface area contributed by atoms with Gasteiger partial charge in [0.25, 0.3) is 0 Å². The Balaban J connectivity index is 2.03. The van der Waals surface area contributed by atoms with Crippen LogP contribution in [0.4, 0.5) is 5.82 Å². The molecule has 24 heavy (non-hydrogen) atoms. The fraction of sp³-hybridized carbons (Fsp3) is 0.353. The Morgan fingerprint density at radius 3 is 2.83 bits per heavy atom. The summed E-state index contributed by atoms with van der Waals surface area (Å²) in [5, 5.41) is 12.7. The maximum atomic E-state index is 12.1. The second kappa shape index (κ2) is 6.45. The monoisotopic (exact) mass is 327 g/mol. The SMILES string of the molecule is CNC(=O)[C@@H]1C[C@@H](N)CN1c1cc(C)nc(-c2ccccc2O)n1. The first kappa shape index (κ1) is 16.2. The van der Waals surface area contributed by atoms with Crippen LogP contribution < -0.4 is 16.0 Å². The maximum absolute atomic E-state index is 12.1. The molecule has 1 saturated heterocycles. The minimum absolute atomic E-state index is 0.0803. The van der Waals surface area contributed by atoms with Crippen molar-refractivity contribution in [3.05, 3.63) is 36.0 Å². The van der Waals surface area contributed by atoms with E-state index in [9.17, 15) is 9.90 Å². The fourth-order valence-corrected chi connectivity index (χ4v) is 3.02. The molecule has 0 radical (unpaired) electrons. The highest BCUT2D eigenvalue weighted by Crippen LogP contribution is 2.30. The van der Waals surface area contributed by atoms with Gasteiger partial charge in [-0.3, -0.25) is 4.79 Å². The summed E-state index contributed by atoms with van der Waals surface area (Å²) in [6.45, 7) is 2.41. The Morgan fingerprint density at radius 1 is 1.38 bits per heavy atom. The van der Waals surface area contributed by atoms with Gasteiger partial charge in [-0.2, -0.15) is 0 Å². The van der Waals surface area contributed by atoms with E-state index in [1.165, 1.54) is 0 Å². The lowest BCUT2D eigenvalue weighted by Crippen LogP contribution is -2.42. The number of anilines is 1. The number of nitrogens with one attached hydrogen (secondary N) is 1. The van der Waals surface area contributed by atoms with Gasteiger partial charge in [-0.25, -0.2) is 9.97 Å². The molecule has 126 valence electrons. The zero-order chi connectivity index (χ0) is 17.3. The van der Waals surface area contributed by atoms with Gasteiger partial charge >= 0.3 is 0 Å². The van der Waals surface area contributed by atoms with Crippen LogP contribution in [0.15, 0.2) is 30.3 Å². The van der Waals surface area contributed by atoms with Crippen molar-refractivity contribution in [3.8, 4) is 17.1 Å². The number of carbonyl (C=O) groups is 1. The molecule has 3 rings (SSSR count). The Kier molecular flexibility index (Phi) is 4.35. The normalized spacial score (nSPS) is 20.2. The van der Waals surface area contributed by atoms with Gasteiger partial charge < -0.3 is 21.1 Å². The van der Waals surface area contributed by atoms with E-state index in [1.54, 1.807) is 25.2 Å². The molecule has 4 N–H and O–H groups in total. The molecule has 0 saturated carbocycles. The van der Waals surface area contributed by atoms with Gasteiger partial charge in [0.2, 0.25) is 5.91 Å². The average Bonchev–Trinajstić information content (AvgIpc) is 2.96. The molecule has 1 amide bonds. The van der Waals surface area contributed by atoms with Crippen molar-refractivity contribution in [3.63, 3.8) is 0 Å². The molecule has 7 nitrogen and oxygen atoms in total. The van der Waals surface area contributed by atoms with Crippen molar-refractivity contribution in [2.24, 2.45) is 5.73 Å². The number of benzene rings is 1. The van der Waals surface area contributed by atoms with Gasteiger partial charge in [0.15, 0.2) is 5.82 Å². The van der Waals surface area contributed by atoms with Gasteiger partial charge in [-0.15, -0.1) is 0 Å². The zero-order valence-corrected chi connectivity index (χ0v) is 13.7. The molecular formula is C17H21N5O2. The van der Waals surface area contributed by atoms with E-state index >= 15 is 0 Å². The van der Waals surface area contributed by atoms with Crippen LogP contribution in [-0.2, 0) is 4.79 Å². The Morgan fingerprint density at radius 2 is 2.12 bits per heavy atom. The number of aryl methyl sites for hydroxylation is 1. The van der Waals surface area contributed by atoms with Gasteiger partial charge in [0.1, 0.15) is 17.6 Å². The van der Waals surface area contributed by atoms with Crippen LogP contribution in [0, 0.1) is 6.92 Å². The predicted molar refractivity (Wildman–Crippen MR) is 91.7 cm³/mol. The number of aromatic nitrogens is 2. The standard InChI is InChI=1S/C17H21N5O2/c1-10-7-15(22-9-11(18)8-13(22)17(24)19-2)21-16(20-10)12-5-3-4-6-14(12)23/h3-7,11,13,23H,8-9,18H2,1-2H3,(H,19,24)/t11-,13+/m1/s1. The van der Waals surface area contributed by atoms with Gasteiger partial charge in [0.05, 0.1) is 5.56 Å². The maximum Gasteiger partial charge on any atom is 0.242 e. The molecule has 1 aliphatic rings. The summed E-state index contributed by atoms with van der Waals surface area (Å²) in [7, 11) is 1.61. The first-order chi connectivity index (χ1) is 11.5. The summed E-state index contributed by atoms with van der Waals surface area (Å²) in [5.74, 6) is 1.11. The number of hydrogen-bond acceptors (Lipinski definition) is 6. The molecule has 1 fully saturated rings. The molecular weight excluding hydrogens is 306 g/mol. The van der Waals surface area contributed by atoms with E-state index in [1.807, 2.05) is 24.0 Å². The van der Waals surface area contributed by atoms with Crippen LogP contribution in [0.25, 0.3) is 11.4 Å². The van der Waals surface area contributed by atoms with Crippen molar-refractivity contribution in [2.75, 3.05) is 18.5 Å². The van der Waals surface area contributed by atoms with Crippen LogP contribution in [0.1, 0.15) is 12.1 Å². The third kappa shape index (κ3) is 3.03. The molecule has 2 heterocycles. The van der Waals surface area contributed by atoms with Crippen LogP contribution in [0.5, 0.6) is 5.75 Å². The van der Waals surface area contributed by atoms with Crippen molar-refractivity contribution in [1.29, 1.82) is 0 Å². The first-order valence-electron chi connectivity index (χ1n) is 7.87. The second-order valence-electron chi connectivity index (χ2n) is 5.99. The number of phenolic OH excluding ortho intramolecular Hbond substituents is 1. The number of likely N-dealkylation sites (N-methyl/N-ethyl adjacent to an activating group) is 1. The highest BCUT2D eigenvalue weighted by atomic mass is 16.3. The molecule has 0 aliphatic carbocycles. The van der Waals surface area contributed by atoms with Crippen molar-refractivity contribution in [1.82, 2.24) is 15.3 Å². The van der Waals surface area contributed by atoms with Crippen molar-refractivity contribution in [2.45, 2.75) is 25.4 Å². The molecule has 7 heteroatoms. The number of rotatable bonds is 3. The molecule has 0 bridgehead atoms. The first-order valence-corrected chi connectivity index (χ1v) is 7.87. The number of nitrogens with zero attached hydrogens (tertiary/aromatic N) is 3. The molecule has 2 aromatic rings. The van der Waals surface area contributed by atoms with Gasteiger partial charge in [-0.05, 0) is 25.5 Å². The van der Waals surface area contributed by atoms with E-state index in [4.69, 9.17) is 5.73 Å². The highest BCUT2D eigenvalue weighted by Gasteiger charge is 2.35. The van der Waals surface area contributed by atoms with E-state index < -0.39 is 0 Å². The second-order valence-corrected chi connectivity index (χ2v) is 5.99. The fourth-order valence-electron chi connectivity index (χ4n) is 3.02.